The first-order chi connectivity index (χ1) is 13.4. The molecule has 2 heterocycles. The van der Waals surface area contributed by atoms with Crippen LogP contribution >= 0.6 is 0 Å². The summed E-state index contributed by atoms with van der Waals surface area (Å²) in [5.41, 5.74) is -1.90. The van der Waals surface area contributed by atoms with Gasteiger partial charge in [-0.05, 0) is 30.5 Å². The van der Waals surface area contributed by atoms with E-state index in [4.69, 9.17) is 14.9 Å². The lowest BCUT2D eigenvalue weighted by atomic mass is 9.51. The first kappa shape index (κ1) is 18.3. The number of anilines is 1. The van der Waals surface area contributed by atoms with Crippen LogP contribution in [0.5, 0.6) is 0 Å². The van der Waals surface area contributed by atoms with Crippen molar-refractivity contribution in [2.24, 2.45) is 16.7 Å². The molecule has 1 aromatic carbocycles. The SMILES string of the molecule is CN(C)c1ccc([C@@H]2O[C@@]34CCCC[C@H]3[C@](C#N)(C(=N)O4)C2(C#N)C#N)cc1. The smallest absolute Gasteiger partial charge is 0.217 e. The highest BCUT2D eigenvalue weighted by Gasteiger charge is 2.80. The van der Waals surface area contributed by atoms with E-state index in [1.165, 1.54) is 0 Å². The highest BCUT2D eigenvalue weighted by atomic mass is 16.7. The molecule has 0 aromatic heterocycles. The third-order valence-electron chi connectivity index (χ3n) is 6.53. The molecule has 2 aliphatic heterocycles. The number of ether oxygens (including phenoxy) is 2. The van der Waals surface area contributed by atoms with Gasteiger partial charge in [0.15, 0.2) is 5.41 Å². The molecular weight excluding hydrogens is 354 g/mol. The molecule has 0 amide bonds. The molecule has 4 rings (SSSR count). The number of hydrogen-bond donors (Lipinski definition) is 1. The van der Waals surface area contributed by atoms with Crippen molar-refractivity contribution in [2.45, 2.75) is 37.6 Å². The number of hydrogen-bond acceptors (Lipinski definition) is 7. The predicted molar refractivity (Wildman–Crippen MR) is 99.8 cm³/mol. The summed E-state index contributed by atoms with van der Waals surface area (Å²) >= 11 is 0. The van der Waals surface area contributed by atoms with Gasteiger partial charge in [-0.1, -0.05) is 18.6 Å². The molecule has 0 spiro atoms. The fourth-order valence-electron chi connectivity index (χ4n) is 5.11. The van der Waals surface area contributed by atoms with Crippen LogP contribution < -0.4 is 4.90 Å². The van der Waals surface area contributed by atoms with E-state index in [0.717, 1.165) is 18.5 Å². The van der Waals surface area contributed by atoms with Crippen LogP contribution in [-0.2, 0) is 9.47 Å². The second kappa shape index (κ2) is 5.96. The minimum absolute atomic E-state index is 0.308. The van der Waals surface area contributed by atoms with Crippen LogP contribution in [0.15, 0.2) is 24.3 Å². The number of nitrogens with zero attached hydrogens (tertiary/aromatic N) is 4. The molecule has 2 bridgehead atoms. The van der Waals surface area contributed by atoms with E-state index in [9.17, 15) is 15.8 Å². The van der Waals surface area contributed by atoms with Gasteiger partial charge in [0.25, 0.3) is 0 Å². The summed E-state index contributed by atoms with van der Waals surface area (Å²) in [4.78, 5) is 1.95. The molecule has 142 valence electrons. The fourth-order valence-corrected chi connectivity index (χ4v) is 5.11. The largest absolute Gasteiger partial charge is 0.447 e. The Bertz CT molecular complexity index is 937. The molecule has 3 fully saturated rings. The Balaban J connectivity index is 1.93. The summed E-state index contributed by atoms with van der Waals surface area (Å²) in [7, 11) is 3.85. The number of rotatable bonds is 2. The van der Waals surface area contributed by atoms with E-state index in [2.05, 4.69) is 18.2 Å². The van der Waals surface area contributed by atoms with Crippen molar-refractivity contribution in [2.75, 3.05) is 19.0 Å². The molecule has 1 aliphatic carbocycles. The Morgan fingerprint density at radius 3 is 2.32 bits per heavy atom. The van der Waals surface area contributed by atoms with Crippen molar-refractivity contribution in [3.05, 3.63) is 29.8 Å². The van der Waals surface area contributed by atoms with Gasteiger partial charge in [0.1, 0.15) is 6.10 Å². The second-order valence-corrected chi connectivity index (χ2v) is 7.98. The second-order valence-electron chi connectivity index (χ2n) is 7.98. The lowest BCUT2D eigenvalue weighted by Gasteiger charge is -2.51. The summed E-state index contributed by atoms with van der Waals surface area (Å²) in [5, 5.41) is 39.1. The maximum Gasteiger partial charge on any atom is 0.217 e. The summed E-state index contributed by atoms with van der Waals surface area (Å²) in [6.07, 6.45) is 1.86. The first-order valence-corrected chi connectivity index (χ1v) is 9.37. The van der Waals surface area contributed by atoms with Crippen LogP contribution in [-0.4, -0.2) is 25.8 Å². The zero-order chi connectivity index (χ0) is 20.2. The van der Waals surface area contributed by atoms with Crippen LogP contribution in [0.3, 0.4) is 0 Å². The molecule has 7 nitrogen and oxygen atoms in total. The third kappa shape index (κ3) is 1.96. The maximum absolute atomic E-state index is 10.2. The Morgan fingerprint density at radius 1 is 1.07 bits per heavy atom. The van der Waals surface area contributed by atoms with E-state index in [0.29, 0.717) is 18.4 Å². The van der Waals surface area contributed by atoms with Crippen LogP contribution in [0.2, 0.25) is 0 Å². The van der Waals surface area contributed by atoms with Crippen LogP contribution in [0.4, 0.5) is 5.69 Å². The topological polar surface area (TPSA) is 117 Å². The lowest BCUT2D eigenvalue weighted by molar-refractivity contribution is -0.294. The molecule has 2 saturated heterocycles. The molecular formula is C21H21N5O2. The van der Waals surface area contributed by atoms with Gasteiger partial charge < -0.3 is 14.4 Å². The molecule has 3 aliphatic rings. The standard InChI is InChI=1S/C21H21N5O2/c1-26(2)15-8-6-14(7-9-15)17-19(11-22,12-23)20(13-24)16-5-3-4-10-21(16,27-17)28-18(20)25/h6-9,16-17,25H,3-5,10H2,1-2H3/t16-,17-,20+,21+/m0/s1. The van der Waals surface area contributed by atoms with Gasteiger partial charge in [0.05, 0.1) is 24.1 Å². The van der Waals surface area contributed by atoms with E-state index in [1.54, 1.807) is 0 Å². The van der Waals surface area contributed by atoms with Crippen molar-refractivity contribution in [1.82, 2.24) is 0 Å². The van der Waals surface area contributed by atoms with Gasteiger partial charge in [-0.25, -0.2) is 0 Å². The third-order valence-corrected chi connectivity index (χ3v) is 6.53. The molecule has 28 heavy (non-hydrogen) atoms. The quantitative estimate of drug-likeness (QED) is 0.848. The number of benzene rings is 1. The van der Waals surface area contributed by atoms with Crippen LogP contribution in [0, 0.1) is 56.2 Å². The monoisotopic (exact) mass is 375 g/mol. The van der Waals surface area contributed by atoms with E-state index >= 15 is 0 Å². The van der Waals surface area contributed by atoms with Crippen molar-refractivity contribution >= 4 is 11.6 Å². The normalized spacial score (nSPS) is 34.9. The molecule has 4 atom stereocenters. The maximum atomic E-state index is 10.2. The molecule has 7 heteroatoms. The fraction of sp³-hybridized carbons (Fsp3) is 0.524. The molecule has 0 radical (unpaired) electrons. The summed E-state index contributed by atoms with van der Waals surface area (Å²) in [6.45, 7) is 0. The average molecular weight is 375 g/mol. The molecule has 1 saturated carbocycles. The van der Waals surface area contributed by atoms with Gasteiger partial charge >= 0.3 is 0 Å². The Hall–Kier alpha value is -3.08. The van der Waals surface area contributed by atoms with E-state index < -0.39 is 28.6 Å². The van der Waals surface area contributed by atoms with Crippen molar-refractivity contribution in [3.8, 4) is 18.2 Å². The van der Waals surface area contributed by atoms with Gasteiger partial charge in [-0.2, -0.15) is 15.8 Å². The van der Waals surface area contributed by atoms with Crippen molar-refractivity contribution in [3.63, 3.8) is 0 Å². The number of nitrogens with one attached hydrogen (secondary N) is 1. The zero-order valence-electron chi connectivity index (χ0n) is 15.9. The van der Waals surface area contributed by atoms with Crippen molar-refractivity contribution < 1.29 is 9.47 Å². The van der Waals surface area contributed by atoms with Gasteiger partial charge in [-0.15, -0.1) is 0 Å². The molecule has 1 N–H and O–H groups in total. The minimum atomic E-state index is -1.86. The van der Waals surface area contributed by atoms with Gasteiger partial charge in [0.2, 0.25) is 17.1 Å². The number of nitriles is 3. The van der Waals surface area contributed by atoms with E-state index in [-0.39, 0.29) is 5.90 Å². The zero-order valence-corrected chi connectivity index (χ0v) is 15.9. The summed E-state index contributed by atoms with van der Waals surface area (Å²) in [5.74, 6) is -1.92. The van der Waals surface area contributed by atoms with E-state index in [1.807, 2.05) is 43.3 Å². The summed E-state index contributed by atoms with van der Waals surface area (Å²) in [6, 6.07) is 13.8. The highest BCUT2D eigenvalue weighted by Crippen LogP contribution is 2.69. The van der Waals surface area contributed by atoms with Gasteiger partial charge in [0, 0.05) is 26.2 Å². The minimum Gasteiger partial charge on any atom is -0.447 e. The highest BCUT2D eigenvalue weighted by molar-refractivity contribution is 5.89. The average Bonchev–Trinajstić information content (AvgIpc) is 2.92. The Labute approximate surface area is 164 Å². The van der Waals surface area contributed by atoms with Crippen LogP contribution in [0.25, 0.3) is 0 Å². The Morgan fingerprint density at radius 2 is 1.75 bits per heavy atom. The molecule has 1 aromatic rings. The first-order valence-electron chi connectivity index (χ1n) is 9.37. The summed E-state index contributed by atoms with van der Waals surface area (Å²) < 4.78 is 12.2. The molecule has 0 unspecified atom stereocenters. The Kier molecular flexibility index (Phi) is 3.89. The lowest BCUT2D eigenvalue weighted by Crippen LogP contribution is -2.60. The van der Waals surface area contributed by atoms with Crippen molar-refractivity contribution in [1.29, 1.82) is 21.2 Å². The van der Waals surface area contributed by atoms with Gasteiger partial charge in [-0.3, -0.25) is 5.41 Å². The van der Waals surface area contributed by atoms with Crippen LogP contribution in [0.1, 0.15) is 37.4 Å². The predicted octanol–water partition coefficient (Wildman–Crippen LogP) is 3.26.